The van der Waals surface area contributed by atoms with E-state index in [0.29, 0.717) is 6.54 Å². The highest BCUT2D eigenvalue weighted by molar-refractivity contribution is 7.91. The summed E-state index contributed by atoms with van der Waals surface area (Å²) >= 11 is 0. The van der Waals surface area contributed by atoms with Crippen LogP contribution in [0.15, 0.2) is 30.3 Å². The van der Waals surface area contributed by atoms with Crippen LogP contribution in [0.2, 0.25) is 0 Å². The van der Waals surface area contributed by atoms with Crippen molar-refractivity contribution in [2.45, 2.75) is 32.4 Å². The van der Waals surface area contributed by atoms with E-state index in [1.807, 2.05) is 25.1 Å². The Morgan fingerprint density at radius 3 is 2.67 bits per heavy atom. The highest BCUT2D eigenvalue weighted by atomic mass is 32.2. The summed E-state index contributed by atoms with van der Waals surface area (Å²) in [5, 5.41) is 3.48. The minimum absolute atomic E-state index is 0.0670. The first-order valence-corrected chi connectivity index (χ1v) is 9.57. The Morgan fingerprint density at radius 2 is 2.05 bits per heavy atom. The fourth-order valence-electron chi connectivity index (χ4n) is 2.99. The number of benzene rings is 1. The lowest BCUT2D eigenvalue weighted by molar-refractivity contribution is 0.154. The summed E-state index contributed by atoms with van der Waals surface area (Å²) < 4.78 is 23.6. The van der Waals surface area contributed by atoms with Gasteiger partial charge in [0.05, 0.1) is 11.5 Å². The molecule has 2 rings (SSSR count). The molecule has 0 aliphatic carbocycles. The Labute approximate surface area is 128 Å². The summed E-state index contributed by atoms with van der Waals surface area (Å²) in [6.45, 7) is 6.65. The number of nitrogens with one attached hydrogen (secondary N) is 1. The van der Waals surface area contributed by atoms with Gasteiger partial charge >= 0.3 is 0 Å². The molecule has 1 N–H and O–H groups in total. The predicted molar refractivity (Wildman–Crippen MR) is 87.2 cm³/mol. The zero-order valence-electron chi connectivity index (χ0n) is 13.0. The second-order valence-corrected chi connectivity index (χ2v) is 8.06. The first-order valence-electron chi connectivity index (χ1n) is 7.75. The van der Waals surface area contributed by atoms with Gasteiger partial charge in [0.2, 0.25) is 0 Å². The molecular weight excluding hydrogens is 284 g/mol. The van der Waals surface area contributed by atoms with Gasteiger partial charge in [0, 0.05) is 25.2 Å². The average Bonchev–Trinajstić information content (AvgIpc) is 2.45. The van der Waals surface area contributed by atoms with Crippen molar-refractivity contribution in [3.05, 3.63) is 35.9 Å². The molecule has 118 valence electrons. The zero-order valence-corrected chi connectivity index (χ0v) is 13.8. The van der Waals surface area contributed by atoms with Crippen molar-refractivity contribution < 1.29 is 8.42 Å². The lowest BCUT2D eigenvalue weighted by atomic mass is 10.0. The summed E-state index contributed by atoms with van der Waals surface area (Å²) in [6.07, 6.45) is 1.10. The van der Waals surface area contributed by atoms with Gasteiger partial charge in [0.25, 0.3) is 0 Å². The summed E-state index contributed by atoms with van der Waals surface area (Å²) in [5.74, 6) is 0.540. The van der Waals surface area contributed by atoms with Gasteiger partial charge in [-0.05, 0) is 25.5 Å². The smallest absolute Gasteiger partial charge is 0.153 e. The van der Waals surface area contributed by atoms with Crippen LogP contribution < -0.4 is 5.32 Å². The molecule has 1 aliphatic rings. The standard InChI is InChI=1S/C16H26N2O2S/c1-3-9-17-12-16(15-7-5-4-6-8-15)18-10-11-21(19,20)13-14(18)2/h4-8,14,16-17H,3,9-13H2,1-2H3. The molecule has 2 atom stereocenters. The molecule has 0 radical (unpaired) electrons. The number of sulfone groups is 1. The van der Waals surface area contributed by atoms with E-state index in [4.69, 9.17) is 0 Å². The average molecular weight is 310 g/mol. The molecule has 1 aromatic rings. The van der Waals surface area contributed by atoms with Crippen molar-refractivity contribution in [3.63, 3.8) is 0 Å². The van der Waals surface area contributed by atoms with E-state index in [9.17, 15) is 8.42 Å². The van der Waals surface area contributed by atoms with Crippen LogP contribution >= 0.6 is 0 Å². The quantitative estimate of drug-likeness (QED) is 0.815. The molecule has 1 aromatic carbocycles. The van der Waals surface area contributed by atoms with Crippen LogP contribution in [0.3, 0.4) is 0 Å². The highest BCUT2D eigenvalue weighted by Crippen LogP contribution is 2.25. The molecule has 1 saturated heterocycles. The van der Waals surface area contributed by atoms with E-state index in [0.717, 1.165) is 19.5 Å². The Hall–Kier alpha value is -0.910. The summed E-state index contributed by atoms with van der Waals surface area (Å²) in [5.41, 5.74) is 1.26. The van der Waals surface area contributed by atoms with Gasteiger partial charge in [-0.1, -0.05) is 37.3 Å². The van der Waals surface area contributed by atoms with E-state index < -0.39 is 9.84 Å². The SMILES string of the molecule is CCCNCC(c1ccccc1)N1CCS(=O)(=O)CC1C. The Kier molecular flexibility index (Phi) is 5.79. The van der Waals surface area contributed by atoms with Crippen LogP contribution in [0.4, 0.5) is 0 Å². The van der Waals surface area contributed by atoms with Gasteiger partial charge in [-0.2, -0.15) is 0 Å². The maximum Gasteiger partial charge on any atom is 0.153 e. The van der Waals surface area contributed by atoms with E-state index in [1.54, 1.807) is 0 Å². The number of rotatable bonds is 6. The lowest BCUT2D eigenvalue weighted by Gasteiger charge is -2.39. The third-order valence-electron chi connectivity index (χ3n) is 4.07. The topological polar surface area (TPSA) is 49.4 Å². The minimum atomic E-state index is -2.87. The van der Waals surface area contributed by atoms with E-state index >= 15 is 0 Å². The first-order chi connectivity index (χ1) is 10.0. The number of nitrogens with zero attached hydrogens (tertiary/aromatic N) is 1. The van der Waals surface area contributed by atoms with Crippen molar-refractivity contribution in [1.82, 2.24) is 10.2 Å². The van der Waals surface area contributed by atoms with Gasteiger partial charge in [-0.3, -0.25) is 4.90 Å². The Morgan fingerprint density at radius 1 is 1.33 bits per heavy atom. The molecule has 2 unspecified atom stereocenters. The largest absolute Gasteiger partial charge is 0.315 e. The monoisotopic (exact) mass is 310 g/mol. The van der Waals surface area contributed by atoms with Crippen LogP contribution in [-0.2, 0) is 9.84 Å². The molecule has 1 aliphatic heterocycles. The Bertz CT molecular complexity index is 530. The second kappa shape index (κ2) is 7.38. The van der Waals surface area contributed by atoms with Crippen molar-refractivity contribution in [1.29, 1.82) is 0 Å². The molecule has 0 spiro atoms. The molecule has 0 aromatic heterocycles. The van der Waals surface area contributed by atoms with Crippen LogP contribution in [0.1, 0.15) is 31.9 Å². The van der Waals surface area contributed by atoms with Gasteiger partial charge < -0.3 is 5.32 Å². The van der Waals surface area contributed by atoms with Crippen molar-refractivity contribution in [2.75, 3.05) is 31.1 Å². The van der Waals surface area contributed by atoms with Gasteiger partial charge in [-0.15, -0.1) is 0 Å². The fourth-order valence-corrected chi connectivity index (χ4v) is 4.57. The molecule has 0 bridgehead atoms. The van der Waals surface area contributed by atoms with Crippen molar-refractivity contribution in [2.24, 2.45) is 0 Å². The van der Waals surface area contributed by atoms with Crippen LogP contribution in [0, 0.1) is 0 Å². The summed E-state index contributed by atoms with van der Waals surface area (Å²) in [4.78, 5) is 2.33. The van der Waals surface area contributed by atoms with Gasteiger partial charge in [-0.25, -0.2) is 8.42 Å². The van der Waals surface area contributed by atoms with Crippen LogP contribution in [0.25, 0.3) is 0 Å². The second-order valence-electron chi connectivity index (χ2n) is 5.83. The third kappa shape index (κ3) is 4.53. The van der Waals surface area contributed by atoms with E-state index in [1.165, 1.54) is 5.56 Å². The molecule has 0 amide bonds. The van der Waals surface area contributed by atoms with Crippen LogP contribution in [0.5, 0.6) is 0 Å². The van der Waals surface area contributed by atoms with Crippen molar-refractivity contribution in [3.8, 4) is 0 Å². The van der Waals surface area contributed by atoms with Gasteiger partial charge in [0.1, 0.15) is 0 Å². The fraction of sp³-hybridized carbons (Fsp3) is 0.625. The summed E-state index contributed by atoms with van der Waals surface area (Å²) in [6, 6.07) is 10.7. The lowest BCUT2D eigenvalue weighted by Crippen LogP contribution is -2.50. The third-order valence-corrected chi connectivity index (χ3v) is 5.87. The molecule has 5 heteroatoms. The minimum Gasteiger partial charge on any atom is -0.315 e. The normalized spacial score (nSPS) is 23.8. The maximum absolute atomic E-state index is 11.8. The van der Waals surface area contributed by atoms with Crippen LogP contribution in [-0.4, -0.2) is 50.5 Å². The van der Waals surface area contributed by atoms with Crippen molar-refractivity contribution >= 4 is 9.84 Å². The number of hydrogen-bond donors (Lipinski definition) is 1. The molecule has 0 saturated carbocycles. The molecule has 1 heterocycles. The predicted octanol–water partition coefficient (Wildman–Crippen LogP) is 1.85. The summed E-state index contributed by atoms with van der Waals surface area (Å²) in [7, 11) is -2.87. The first kappa shape index (κ1) is 16.5. The zero-order chi connectivity index (χ0) is 15.3. The van der Waals surface area contributed by atoms with E-state index in [2.05, 4.69) is 29.3 Å². The molecule has 4 nitrogen and oxygen atoms in total. The van der Waals surface area contributed by atoms with Gasteiger partial charge in [0.15, 0.2) is 9.84 Å². The Balaban J connectivity index is 2.15. The van der Waals surface area contributed by atoms with E-state index in [-0.39, 0.29) is 23.6 Å². The number of hydrogen-bond acceptors (Lipinski definition) is 4. The molecule has 1 fully saturated rings. The maximum atomic E-state index is 11.8. The molecular formula is C16H26N2O2S. The molecule has 21 heavy (non-hydrogen) atoms. The highest BCUT2D eigenvalue weighted by Gasteiger charge is 2.33.